The summed E-state index contributed by atoms with van der Waals surface area (Å²) >= 11 is 0. The maximum absolute atomic E-state index is 10.0. The highest BCUT2D eigenvalue weighted by molar-refractivity contribution is 7.39. The third-order valence-electron chi connectivity index (χ3n) is 0.428. The van der Waals surface area contributed by atoms with Crippen molar-refractivity contribution >= 4 is 8.03 Å². The maximum Gasteiger partial charge on any atom is 0.545 e. The van der Waals surface area contributed by atoms with Gasteiger partial charge in [0.25, 0.3) is 0 Å². The summed E-state index contributed by atoms with van der Waals surface area (Å²) in [6, 6.07) is 0. The summed E-state index contributed by atoms with van der Waals surface area (Å²) in [5.74, 6) is 0. The molecular formula is CH4N2O2P+. The molecule has 0 aromatic carbocycles. The van der Waals surface area contributed by atoms with Crippen LogP contribution in [0.2, 0.25) is 0 Å². The molecule has 1 fully saturated rings. The second-order valence-corrected chi connectivity index (χ2v) is 2.03. The third kappa shape index (κ3) is 0.725. The van der Waals surface area contributed by atoms with Crippen LogP contribution in [0.5, 0.6) is 0 Å². The van der Waals surface area contributed by atoms with E-state index in [1.165, 1.54) is 0 Å². The number of nitrogens with one attached hydrogen (secondary N) is 2. The van der Waals surface area contributed by atoms with E-state index in [1.807, 2.05) is 0 Å². The van der Waals surface area contributed by atoms with E-state index in [0.29, 0.717) is 6.29 Å². The van der Waals surface area contributed by atoms with Gasteiger partial charge < -0.3 is 0 Å². The lowest BCUT2D eigenvalue weighted by molar-refractivity contribution is 0.206. The molecule has 0 aromatic rings. The topological polar surface area (TPSA) is 50.4 Å². The van der Waals surface area contributed by atoms with Crippen LogP contribution >= 0.6 is 8.03 Å². The minimum atomic E-state index is -1.44. The Morgan fingerprint density at radius 1 is 1.83 bits per heavy atom. The largest absolute Gasteiger partial charge is 0.545 e. The van der Waals surface area contributed by atoms with Crippen molar-refractivity contribution in [1.29, 1.82) is 0 Å². The second kappa shape index (κ2) is 1.62. The van der Waals surface area contributed by atoms with Crippen LogP contribution in [0.3, 0.4) is 0 Å². The number of hydrogen-bond acceptors (Lipinski definition) is 4. The predicted octanol–water partition coefficient (Wildman–Crippen LogP) is -0.274. The molecule has 1 aliphatic heterocycles. The van der Waals surface area contributed by atoms with E-state index >= 15 is 0 Å². The van der Waals surface area contributed by atoms with E-state index in [1.54, 1.807) is 0 Å². The lowest BCUT2D eigenvalue weighted by Gasteiger charge is -1.70. The van der Waals surface area contributed by atoms with Gasteiger partial charge in [0.2, 0.25) is 6.29 Å². The average molecular weight is 107 g/mol. The van der Waals surface area contributed by atoms with Gasteiger partial charge in [-0.3, -0.25) is 0 Å². The van der Waals surface area contributed by atoms with Crippen molar-refractivity contribution in [2.24, 2.45) is 0 Å². The fourth-order valence-corrected chi connectivity index (χ4v) is 0.637. The van der Waals surface area contributed by atoms with Gasteiger partial charge in [-0.05, 0) is 9.19 Å². The van der Waals surface area contributed by atoms with E-state index in [-0.39, 0.29) is 0 Å². The van der Waals surface area contributed by atoms with Gasteiger partial charge in [0, 0.05) is 0 Å². The third-order valence-corrected chi connectivity index (χ3v) is 1.14. The first-order chi connectivity index (χ1) is 2.89. The van der Waals surface area contributed by atoms with Crippen molar-refractivity contribution in [1.82, 2.24) is 11.0 Å². The molecular weight excluding hydrogens is 103 g/mol. The molecule has 1 rings (SSSR count). The second-order valence-electron chi connectivity index (χ2n) is 0.861. The van der Waals surface area contributed by atoms with Crippen LogP contribution in [0, 0.1) is 0 Å². The molecule has 0 radical (unpaired) electrons. The van der Waals surface area contributed by atoms with Gasteiger partial charge in [0.1, 0.15) is 0 Å². The normalized spacial score (nSPS) is 28.3. The molecule has 0 amide bonds. The lowest BCUT2D eigenvalue weighted by atomic mass is 11.5. The molecule has 4 nitrogen and oxygen atoms in total. The molecule has 0 spiro atoms. The molecule has 6 heavy (non-hydrogen) atoms. The standard InChI is InChI=1S/CH4N2O2P/c4-6-1-2-3-5-6/h2-3H,1H2/q+1. The minimum absolute atomic E-state index is 0.412. The molecule has 34 valence electrons. The molecule has 0 aromatic heterocycles. The Labute approximate surface area is 35.7 Å². The molecule has 1 atom stereocenters. The quantitative estimate of drug-likeness (QED) is 0.418. The molecule has 1 saturated heterocycles. The van der Waals surface area contributed by atoms with Gasteiger partial charge in [-0.2, -0.15) is 5.43 Å². The Hall–Kier alpha value is -0.0200. The molecule has 1 unspecified atom stereocenters. The monoisotopic (exact) mass is 107 g/mol. The summed E-state index contributed by atoms with van der Waals surface area (Å²) in [6.45, 7) is 0. The number of rotatable bonds is 0. The van der Waals surface area contributed by atoms with Gasteiger partial charge in [0.05, 0.1) is 0 Å². The molecule has 0 saturated carbocycles. The Kier molecular flexibility index (Phi) is 1.12. The zero-order valence-corrected chi connectivity index (χ0v) is 3.87. The number of hydrogen-bond donors (Lipinski definition) is 2. The van der Waals surface area contributed by atoms with Gasteiger partial charge >= 0.3 is 8.03 Å². The Balaban J connectivity index is 2.37. The molecule has 1 heterocycles. The van der Waals surface area contributed by atoms with Crippen LogP contribution in [-0.2, 0) is 9.19 Å². The summed E-state index contributed by atoms with van der Waals surface area (Å²) < 4.78 is 14.3. The summed E-state index contributed by atoms with van der Waals surface area (Å²) in [7, 11) is -1.44. The fraction of sp³-hybridized carbons (Fsp3) is 1.00. The van der Waals surface area contributed by atoms with Gasteiger partial charge in [-0.15, -0.1) is 0 Å². The van der Waals surface area contributed by atoms with Crippen LogP contribution in [-0.4, -0.2) is 6.29 Å². The lowest BCUT2D eigenvalue weighted by Crippen LogP contribution is -2.20. The molecule has 5 heteroatoms. The summed E-state index contributed by atoms with van der Waals surface area (Å²) in [5, 5.41) is 0. The van der Waals surface area contributed by atoms with Crippen LogP contribution in [0.25, 0.3) is 0 Å². The molecule has 0 bridgehead atoms. The Morgan fingerprint density at radius 3 is 2.83 bits per heavy atom. The zero-order valence-electron chi connectivity index (χ0n) is 2.97. The summed E-state index contributed by atoms with van der Waals surface area (Å²) in [6.07, 6.45) is 0.412. The van der Waals surface area contributed by atoms with Crippen LogP contribution < -0.4 is 11.0 Å². The molecule has 1 aliphatic rings. The SMILES string of the molecule is O=[P+]1CNNO1. The van der Waals surface area contributed by atoms with Crippen molar-refractivity contribution in [2.45, 2.75) is 0 Å². The van der Waals surface area contributed by atoms with Gasteiger partial charge in [-0.1, -0.05) is 5.59 Å². The van der Waals surface area contributed by atoms with E-state index in [4.69, 9.17) is 0 Å². The molecule has 0 aliphatic carbocycles. The average Bonchev–Trinajstić information content (AvgIpc) is 1.86. The van der Waals surface area contributed by atoms with Crippen LogP contribution in [0.1, 0.15) is 0 Å². The fourth-order valence-electron chi connectivity index (χ4n) is 0.212. The minimum Gasteiger partial charge on any atom is -0.184 e. The highest BCUT2D eigenvalue weighted by Crippen LogP contribution is 2.19. The van der Waals surface area contributed by atoms with Crippen molar-refractivity contribution in [2.75, 3.05) is 6.29 Å². The molecule has 2 N–H and O–H groups in total. The first kappa shape index (κ1) is 4.15. The summed E-state index contributed by atoms with van der Waals surface area (Å²) in [5.41, 5.74) is 4.75. The summed E-state index contributed by atoms with van der Waals surface area (Å²) in [4.78, 5) is 0. The Morgan fingerprint density at radius 2 is 2.67 bits per heavy atom. The van der Waals surface area contributed by atoms with E-state index in [9.17, 15) is 4.57 Å². The van der Waals surface area contributed by atoms with Gasteiger partial charge in [0.15, 0.2) is 0 Å². The van der Waals surface area contributed by atoms with Crippen molar-refractivity contribution in [3.63, 3.8) is 0 Å². The van der Waals surface area contributed by atoms with Crippen molar-refractivity contribution < 1.29 is 9.19 Å². The first-order valence-electron chi connectivity index (χ1n) is 1.49. The van der Waals surface area contributed by atoms with Crippen LogP contribution in [0.15, 0.2) is 0 Å². The number of hydrazine groups is 1. The Bertz CT molecular complexity index is 65.9. The maximum atomic E-state index is 10.0. The first-order valence-corrected chi connectivity index (χ1v) is 2.85. The van der Waals surface area contributed by atoms with Gasteiger partial charge in [-0.25, -0.2) is 0 Å². The van der Waals surface area contributed by atoms with Crippen molar-refractivity contribution in [3.05, 3.63) is 0 Å². The highest BCUT2D eigenvalue weighted by Gasteiger charge is 2.23. The van der Waals surface area contributed by atoms with E-state index in [2.05, 4.69) is 15.6 Å². The predicted molar refractivity (Wildman–Crippen MR) is 19.8 cm³/mol. The smallest absolute Gasteiger partial charge is 0.184 e. The van der Waals surface area contributed by atoms with E-state index in [0.717, 1.165) is 0 Å². The zero-order chi connectivity index (χ0) is 4.41. The van der Waals surface area contributed by atoms with E-state index < -0.39 is 8.03 Å². The van der Waals surface area contributed by atoms with Crippen LogP contribution in [0.4, 0.5) is 0 Å². The van der Waals surface area contributed by atoms with Crippen molar-refractivity contribution in [3.8, 4) is 0 Å². The highest BCUT2D eigenvalue weighted by atomic mass is 31.1.